The van der Waals surface area contributed by atoms with Gasteiger partial charge in [-0.15, -0.1) is 0 Å². The zero-order valence-corrected chi connectivity index (χ0v) is 34.5. The molecule has 0 atom stereocenters. The second-order valence-electron chi connectivity index (χ2n) is 14.5. The first-order valence-corrected chi connectivity index (χ1v) is 21.0. The van der Waals surface area contributed by atoms with E-state index < -0.39 is 0 Å². The summed E-state index contributed by atoms with van der Waals surface area (Å²) in [6.07, 6.45) is 36.0. The summed E-state index contributed by atoms with van der Waals surface area (Å²) in [5.41, 5.74) is 11.0. The normalized spacial score (nSPS) is 15.8. The Hall–Kier alpha value is -5.45. The van der Waals surface area contributed by atoms with Crippen LogP contribution in [0.3, 0.4) is 0 Å². The minimum absolute atomic E-state index is 0.443. The third-order valence-corrected chi connectivity index (χ3v) is 10.6. The molecule has 7 rings (SSSR count). The predicted octanol–water partition coefficient (Wildman–Crippen LogP) is 11.3. The second-order valence-corrected chi connectivity index (χ2v) is 15.4. The second kappa shape index (κ2) is 26.4. The van der Waals surface area contributed by atoms with Crippen molar-refractivity contribution in [2.75, 3.05) is 0 Å². The van der Waals surface area contributed by atoms with Crippen molar-refractivity contribution in [3.05, 3.63) is 129 Å². The zero-order valence-electron chi connectivity index (χ0n) is 32.9. The first kappa shape index (κ1) is 44.3. The molecule has 3 aliphatic rings. The van der Waals surface area contributed by atoms with E-state index in [-0.39, 0.29) is 0 Å². The van der Waals surface area contributed by atoms with Crippen molar-refractivity contribution in [3.8, 4) is 30.0 Å². The maximum atomic E-state index is 8.63. The van der Waals surface area contributed by atoms with Crippen LogP contribution in [0.5, 0.6) is 0 Å². The van der Waals surface area contributed by atoms with Gasteiger partial charge >= 0.3 is 0 Å². The molecule has 4 aromatic heterocycles. The quantitative estimate of drug-likeness (QED) is 0.196. The predicted molar refractivity (Wildman–Crippen MR) is 231 cm³/mol. The average Bonchev–Trinajstić information content (AvgIpc) is 3.29. The molecule has 0 bridgehead atoms. The van der Waals surface area contributed by atoms with Crippen molar-refractivity contribution in [3.63, 3.8) is 0 Å². The van der Waals surface area contributed by atoms with E-state index in [0.717, 1.165) is 33.1 Å². The Bertz CT molecular complexity index is 1990. The van der Waals surface area contributed by atoms with Crippen LogP contribution < -0.4 is 5.73 Å². The molecule has 3 saturated carbocycles. The van der Waals surface area contributed by atoms with Crippen LogP contribution in [0.25, 0.3) is 12.2 Å². The van der Waals surface area contributed by atoms with Gasteiger partial charge in [0, 0.05) is 47.3 Å². The number of nitriles is 3. The number of nitrogens with two attached hydrogens (primary N) is 1. The van der Waals surface area contributed by atoms with E-state index in [1.54, 1.807) is 42.9 Å². The molecule has 0 unspecified atom stereocenters. The van der Waals surface area contributed by atoms with Crippen molar-refractivity contribution >= 4 is 28.1 Å². The standard InChI is InChI=1S/C14H20N2.C14H16N2.C14H14N2.C6H3BrN2/c3*15-10-14-9-8-13(11-16-14)7-6-12-4-2-1-3-5-12;7-5-1-2-6(3-8)9-4-5/h6-9,11-12H,1-5,10,15H2;6-9,11-12H,1-5H2;8-9,11-12H,1-5H2;1-2,4H/b2*7-6-;;. The smallest absolute Gasteiger partial charge is 0.140 e. The highest BCUT2D eigenvalue weighted by Gasteiger charge is 2.11. The number of aromatic nitrogens is 4. The van der Waals surface area contributed by atoms with Gasteiger partial charge in [-0.05, 0) is 114 Å². The molecular weight excluding hydrogens is 768 g/mol. The number of hydrogen-bond acceptors (Lipinski definition) is 8. The third-order valence-electron chi connectivity index (χ3n) is 10.1. The largest absolute Gasteiger partial charge is 0.325 e. The Labute approximate surface area is 348 Å². The number of rotatable bonds is 5. The van der Waals surface area contributed by atoms with Crippen molar-refractivity contribution < 1.29 is 0 Å². The first-order chi connectivity index (χ1) is 28.0. The van der Waals surface area contributed by atoms with Crippen LogP contribution in [0, 0.1) is 63.6 Å². The van der Waals surface area contributed by atoms with Crippen LogP contribution in [0.1, 0.15) is 136 Å². The number of halogens is 1. The van der Waals surface area contributed by atoms with Crippen LogP contribution in [-0.4, -0.2) is 19.9 Å². The average molecular weight is 822 g/mol. The molecule has 292 valence electrons. The van der Waals surface area contributed by atoms with E-state index in [1.807, 2.05) is 42.6 Å². The maximum absolute atomic E-state index is 8.63. The summed E-state index contributed by atoms with van der Waals surface area (Å²) in [4.78, 5) is 16.1. The Kier molecular flexibility index (Phi) is 20.5. The molecule has 0 radical (unpaired) electrons. The molecule has 0 aliphatic heterocycles. The van der Waals surface area contributed by atoms with Crippen LogP contribution in [0.15, 0.2) is 89.9 Å². The molecule has 9 heteroatoms. The molecule has 3 fully saturated rings. The van der Waals surface area contributed by atoms with Crippen LogP contribution in [-0.2, 0) is 6.54 Å². The highest BCUT2D eigenvalue weighted by atomic mass is 79.9. The summed E-state index contributed by atoms with van der Waals surface area (Å²) in [6.45, 7) is 0.520. The van der Waals surface area contributed by atoms with E-state index in [2.05, 4.69) is 78.1 Å². The lowest BCUT2D eigenvalue weighted by atomic mass is 9.89. The van der Waals surface area contributed by atoms with Gasteiger partial charge in [0.15, 0.2) is 0 Å². The van der Waals surface area contributed by atoms with Gasteiger partial charge < -0.3 is 5.73 Å². The topological polar surface area (TPSA) is 149 Å². The van der Waals surface area contributed by atoms with Crippen molar-refractivity contribution in [2.45, 2.75) is 103 Å². The van der Waals surface area contributed by atoms with Crippen molar-refractivity contribution in [2.24, 2.45) is 23.5 Å². The number of nitrogens with zero attached hydrogens (tertiary/aromatic N) is 7. The summed E-state index contributed by atoms with van der Waals surface area (Å²) in [7, 11) is 0. The molecule has 0 amide bonds. The highest BCUT2D eigenvalue weighted by molar-refractivity contribution is 9.10. The minimum Gasteiger partial charge on any atom is -0.325 e. The van der Waals surface area contributed by atoms with E-state index in [9.17, 15) is 0 Å². The Morgan fingerprint density at radius 2 is 1.04 bits per heavy atom. The van der Waals surface area contributed by atoms with Gasteiger partial charge in [0.25, 0.3) is 0 Å². The monoisotopic (exact) mass is 820 g/mol. The lowest BCUT2D eigenvalue weighted by molar-refractivity contribution is 0.420. The van der Waals surface area contributed by atoms with Gasteiger partial charge in [0.2, 0.25) is 0 Å². The Morgan fingerprint density at radius 1 is 0.561 bits per heavy atom. The summed E-state index contributed by atoms with van der Waals surface area (Å²) in [5, 5.41) is 25.5. The fourth-order valence-corrected chi connectivity index (χ4v) is 7.02. The van der Waals surface area contributed by atoms with Gasteiger partial charge in [-0.2, -0.15) is 15.8 Å². The lowest BCUT2D eigenvalue weighted by Gasteiger charge is -2.17. The van der Waals surface area contributed by atoms with Gasteiger partial charge in [0.1, 0.15) is 35.3 Å². The molecule has 4 heterocycles. The van der Waals surface area contributed by atoms with E-state index in [1.165, 1.54) is 102 Å². The molecular formula is C48H53BrN8. The molecule has 0 saturated heterocycles. The zero-order chi connectivity index (χ0) is 40.3. The van der Waals surface area contributed by atoms with E-state index in [0.29, 0.717) is 29.5 Å². The Balaban J connectivity index is 0.000000172. The fraction of sp³-hybridized carbons (Fsp3) is 0.396. The number of allylic oxidation sites excluding steroid dienone is 2. The molecule has 4 aromatic rings. The summed E-state index contributed by atoms with van der Waals surface area (Å²) in [6, 6.07) is 20.8. The van der Waals surface area contributed by atoms with E-state index in [4.69, 9.17) is 21.5 Å². The molecule has 2 N–H and O–H groups in total. The summed E-state index contributed by atoms with van der Waals surface area (Å²) >= 11 is 3.20. The molecule has 0 aromatic carbocycles. The number of pyridine rings is 4. The maximum Gasteiger partial charge on any atom is 0.140 e. The highest BCUT2D eigenvalue weighted by Crippen LogP contribution is 2.26. The van der Waals surface area contributed by atoms with Crippen LogP contribution in [0.2, 0.25) is 0 Å². The molecule has 8 nitrogen and oxygen atoms in total. The lowest BCUT2D eigenvalue weighted by Crippen LogP contribution is -2.03. The van der Waals surface area contributed by atoms with Crippen molar-refractivity contribution in [1.82, 2.24) is 19.9 Å². The van der Waals surface area contributed by atoms with E-state index >= 15 is 0 Å². The van der Waals surface area contributed by atoms with Crippen LogP contribution >= 0.6 is 15.9 Å². The van der Waals surface area contributed by atoms with Crippen molar-refractivity contribution in [1.29, 1.82) is 15.8 Å². The van der Waals surface area contributed by atoms with Gasteiger partial charge in [-0.1, -0.05) is 106 Å². The minimum atomic E-state index is 0.443. The van der Waals surface area contributed by atoms with Gasteiger partial charge in [-0.3, -0.25) is 4.98 Å². The molecule has 0 spiro atoms. The molecule has 3 aliphatic carbocycles. The summed E-state index contributed by atoms with van der Waals surface area (Å²) < 4.78 is 0.890. The Morgan fingerprint density at radius 3 is 1.46 bits per heavy atom. The molecule has 57 heavy (non-hydrogen) atoms. The number of hydrogen-bond donors (Lipinski definition) is 1. The SMILES string of the molecule is N#Cc1ccc(/C=C\C2CCCCC2)cn1.N#Cc1ccc(Br)cn1.N#Cc1ccc(C#CC2CCCCC2)cn1.NCc1ccc(/C=C\C2CCCCC2)cn1. The first-order valence-electron chi connectivity index (χ1n) is 20.2. The fourth-order valence-electron chi connectivity index (χ4n) is 6.78. The van der Waals surface area contributed by atoms with Gasteiger partial charge in [-0.25, -0.2) is 15.0 Å². The summed E-state index contributed by atoms with van der Waals surface area (Å²) in [5.74, 6) is 8.53. The van der Waals surface area contributed by atoms with Crippen LogP contribution in [0.4, 0.5) is 0 Å². The third kappa shape index (κ3) is 17.9. The van der Waals surface area contributed by atoms with Gasteiger partial charge in [0.05, 0.1) is 5.69 Å².